The zero-order valence-corrected chi connectivity index (χ0v) is 15.3. The van der Waals surface area contributed by atoms with Gasteiger partial charge in [0.05, 0.1) is 6.20 Å². The molecule has 0 N–H and O–H groups in total. The lowest BCUT2D eigenvalue weighted by Gasteiger charge is -2.27. The van der Waals surface area contributed by atoms with E-state index in [0.717, 1.165) is 36.7 Å². The molecule has 1 aromatic carbocycles. The topological polar surface area (TPSA) is 51.8 Å². The van der Waals surface area contributed by atoms with Gasteiger partial charge in [-0.05, 0) is 19.8 Å². The maximum Gasteiger partial charge on any atom is 0.164 e. The zero-order valence-electron chi connectivity index (χ0n) is 15.3. The Labute approximate surface area is 153 Å². The van der Waals surface area contributed by atoms with Crippen LogP contribution >= 0.6 is 0 Å². The molecule has 0 amide bonds. The van der Waals surface area contributed by atoms with Crippen LogP contribution in [0, 0.1) is 6.92 Å². The van der Waals surface area contributed by atoms with Crippen molar-refractivity contribution in [2.45, 2.75) is 51.4 Å². The average Bonchev–Trinajstić information content (AvgIpc) is 3.28. The number of fused-ring (bicyclic) bond motifs is 3. The summed E-state index contributed by atoms with van der Waals surface area (Å²) in [4.78, 5) is 2.67. The predicted molar refractivity (Wildman–Crippen MR) is 99.5 cm³/mol. The number of aryl methyl sites for hydroxylation is 1. The van der Waals surface area contributed by atoms with Gasteiger partial charge in [0, 0.05) is 55.5 Å². The molecule has 0 radical (unpaired) electrons. The molecular formula is C20H24N6. The standard InChI is InChI=1S/C20H24N6/c1-14-16(11-21-24(14)2)12-25-17-8-9-18(25)13-26-19(10-17)22-23-20(26)15-6-4-3-5-7-15/h3-7,11,17-18H,8-10,12-13H2,1-2H3. The molecule has 0 spiro atoms. The third kappa shape index (κ3) is 2.48. The Morgan fingerprint density at radius 2 is 1.88 bits per heavy atom. The second kappa shape index (κ2) is 6.06. The Hall–Kier alpha value is -2.47. The molecule has 2 aromatic heterocycles. The number of benzene rings is 1. The van der Waals surface area contributed by atoms with Gasteiger partial charge in [-0.1, -0.05) is 30.3 Å². The van der Waals surface area contributed by atoms with Crippen molar-refractivity contribution in [3.8, 4) is 11.4 Å². The molecule has 0 saturated carbocycles. The van der Waals surface area contributed by atoms with Crippen LogP contribution < -0.4 is 0 Å². The van der Waals surface area contributed by atoms with Crippen LogP contribution in [0.15, 0.2) is 36.5 Å². The first-order chi connectivity index (χ1) is 12.7. The van der Waals surface area contributed by atoms with Crippen LogP contribution in [-0.4, -0.2) is 41.5 Å². The van der Waals surface area contributed by atoms with Crippen LogP contribution in [0.5, 0.6) is 0 Å². The summed E-state index contributed by atoms with van der Waals surface area (Å²) in [5.41, 5.74) is 3.75. The predicted octanol–water partition coefficient (Wildman–Crippen LogP) is 2.58. The molecule has 2 aliphatic heterocycles. The minimum atomic E-state index is 0.541. The summed E-state index contributed by atoms with van der Waals surface area (Å²) in [6.45, 7) is 4.11. The largest absolute Gasteiger partial charge is 0.309 e. The van der Waals surface area contributed by atoms with E-state index in [-0.39, 0.29) is 0 Å². The third-order valence-electron chi connectivity index (χ3n) is 6.13. The van der Waals surface area contributed by atoms with Crippen molar-refractivity contribution in [3.05, 3.63) is 53.6 Å². The molecular weight excluding hydrogens is 324 g/mol. The highest BCUT2D eigenvalue weighted by Crippen LogP contribution is 2.34. The number of hydrogen-bond donors (Lipinski definition) is 0. The Balaban J connectivity index is 1.46. The molecule has 2 atom stereocenters. The fourth-order valence-corrected chi connectivity index (χ4v) is 4.48. The Morgan fingerprint density at radius 3 is 2.65 bits per heavy atom. The molecule has 2 bridgehead atoms. The molecule has 0 aliphatic carbocycles. The van der Waals surface area contributed by atoms with Crippen molar-refractivity contribution < 1.29 is 0 Å². The summed E-state index contributed by atoms with van der Waals surface area (Å²) < 4.78 is 4.32. The van der Waals surface area contributed by atoms with Crippen LogP contribution in [0.3, 0.4) is 0 Å². The Morgan fingerprint density at radius 1 is 1.08 bits per heavy atom. The van der Waals surface area contributed by atoms with Crippen molar-refractivity contribution in [3.63, 3.8) is 0 Å². The highest BCUT2D eigenvalue weighted by molar-refractivity contribution is 5.55. The van der Waals surface area contributed by atoms with Crippen molar-refractivity contribution in [2.24, 2.45) is 7.05 Å². The third-order valence-corrected chi connectivity index (χ3v) is 6.13. The van der Waals surface area contributed by atoms with Crippen LogP contribution in [0.1, 0.15) is 29.9 Å². The second-order valence-electron chi connectivity index (χ2n) is 7.56. The van der Waals surface area contributed by atoms with Gasteiger partial charge in [0.15, 0.2) is 5.82 Å². The molecule has 1 saturated heterocycles. The molecule has 6 heteroatoms. The van der Waals surface area contributed by atoms with Crippen LogP contribution in [0.25, 0.3) is 11.4 Å². The molecule has 134 valence electrons. The SMILES string of the molecule is Cc1c(CN2C3CCC2Cn2c(nnc2-c2ccccc2)C3)cnn1C. The van der Waals surface area contributed by atoms with Crippen molar-refractivity contribution in [1.29, 1.82) is 0 Å². The average molecular weight is 348 g/mol. The van der Waals surface area contributed by atoms with Gasteiger partial charge >= 0.3 is 0 Å². The highest BCUT2D eigenvalue weighted by Gasteiger charge is 2.38. The molecule has 6 nitrogen and oxygen atoms in total. The van der Waals surface area contributed by atoms with E-state index in [1.807, 2.05) is 24.0 Å². The van der Waals surface area contributed by atoms with E-state index in [9.17, 15) is 0 Å². The summed E-state index contributed by atoms with van der Waals surface area (Å²) in [5.74, 6) is 2.13. The van der Waals surface area contributed by atoms with Crippen LogP contribution in [-0.2, 0) is 26.6 Å². The zero-order chi connectivity index (χ0) is 17.7. The molecule has 26 heavy (non-hydrogen) atoms. The molecule has 5 rings (SSSR count). The minimum Gasteiger partial charge on any atom is -0.309 e. The Kier molecular flexibility index (Phi) is 3.67. The van der Waals surface area contributed by atoms with Crippen LogP contribution in [0.2, 0.25) is 0 Å². The van der Waals surface area contributed by atoms with E-state index in [1.165, 1.54) is 24.1 Å². The normalized spacial score (nSPS) is 22.4. The second-order valence-corrected chi connectivity index (χ2v) is 7.56. The fourth-order valence-electron chi connectivity index (χ4n) is 4.48. The summed E-state index contributed by atoms with van der Waals surface area (Å²) in [6, 6.07) is 11.5. The van der Waals surface area contributed by atoms with Gasteiger partial charge < -0.3 is 4.57 Å². The number of hydrogen-bond acceptors (Lipinski definition) is 4. The summed E-state index contributed by atoms with van der Waals surface area (Å²) in [6.07, 6.45) is 5.50. The fraction of sp³-hybridized carbons (Fsp3) is 0.450. The van der Waals surface area contributed by atoms with Gasteiger partial charge in [-0.25, -0.2) is 0 Å². The lowest BCUT2D eigenvalue weighted by Crippen LogP contribution is -2.36. The van der Waals surface area contributed by atoms with Gasteiger partial charge in [-0.2, -0.15) is 5.10 Å². The summed E-state index contributed by atoms with van der Waals surface area (Å²) in [7, 11) is 2.02. The highest BCUT2D eigenvalue weighted by atomic mass is 15.3. The van der Waals surface area contributed by atoms with Crippen molar-refractivity contribution in [2.75, 3.05) is 0 Å². The number of aromatic nitrogens is 5. The van der Waals surface area contributed by atoms with Gasteiger partial charge in [0.1, 0.15) is 5.82 Å². The lowest BCUT2D eigenvalue weighted by molar-refractivity contribution is 0.180. The molecule has 1 fully saturated rings. The smallest absolute Gasteiger partial charge is 0.164 e. The van der Waals surface area contributed by atoms with Gasteiger partial charge in [0.2, 0.25) is 0 Å². The van der Waals surface area contributed by atoms with E-state index in [1.54, 1.807) is 0 Å². The molecule has 2 unspecified atom stereocenters. The van der Waals surface area contributed by atoms with Crippen LogP contribution in [0.4, 0.5) is 0 Å². The maximum atomic E-state index is 4.54. The first kappa shape index (κ1) is 15.8. The summed E-state index contributed by atoms with van der Waals surface area (Å²) >= 11 is 0. The minimum absolute atomic E-state index is 0.541. The first-order valence-corrected chi connectivity index (χ1v) is 9.41. The van der Waals surface area contributed by atoms with Gasteiger partial charge in [-0.15, -0.1) is 10.2 Å². The van der Waals surface area contributed by atoms with E-state index >= 15 is 0 Å². The van der Waals surface area contributed by atoms with Crippen molar-refractivity contribution in [1.82, 2.24) is 29.4 Å². The van der Waals surface area contributed by atoms with Gasteiger partial charge in [-0.3, -0.25) is 9.58 Å². The quantitative estimate of drug-likeness (QED) is 0.730. The van der Waals surface area contributed by atoms with E-state index < -0.39 is 0 Å². The van der Waals surface area contributed by atoms with E-state index in [0.29, 0.717) is 12.1 Å². The van der Waals surface area contributed by atoms with E-state index in [4.69, 9.17) is 0 Å². The monoisotopic (exact) mass is 348 g/mol. The lowest BCUT2D eigenvalue weighted by atomic mass is 10.1. The Bertz CT molecular complexity index is 925. The molecule has 2 aliphatic rings. The molecule has 3 aromatic rings. The summed E-state index contributed by atoms with van der Waals surface area (Å²) in [5, 5.41) is 13.5. The van der Waals surface area contributed by atoms with E-state index in [2.05, 4.69) is 56.0 Å². The van der Waals surface area contributed by atoms with Gasteiger partial charge in [0.25, 0.3) is 0 Å². The maximum absolute atomic E-state index is 4.54. The van der Waals surface area contributed by atoms with Crippen molar-refractivity contribution >= 4 is 0 Å². The number of nitrogens with zero attached hydrogens (tertiary/aromatic N) is 6. The first-order valence-electron chi connectivity index (χ1n) is 9.41. The molecule has 4 heterocycles. The number of rotatable bonds is 3.